The van der Waals surface area contributed by atoms with Crippen LogP contribution in [-0.4, -0.2) is 39.9 Å². The van der Waals surface area contributed by atoms with Crippen LogP contribution in [-0.2, 0) is 6.54 Å². The number of hydrogen-bond donors (Lipinski definition) is 0. The molecular weight excluding hydrogens is 484 g/mol. The van der Waals surface area contributed by atoms with E-state index in [1.165, 1.54) is 44.9 Å². The van der Waals surface area contributed by atoms with Gasteiger partial charge < -0.3 is 0 Å². The van der Waals surface area contributed by atoms with Gasteiger partial charge >= 0.3 is 0 Å². The lowest BCUT2D eigenvalue weighted by Gasteiger charge is -2.09. The van der Waals surface area contributed by atoms with Gasteiger partial charge in [-0.3, -0.25) is 24.6 Å². The number of unbranched alkanes of at least 4 members (excludes halogenated alkanes) is 7. The molecule has 1 aromatic carbocycles. The quantitative estimate of drug-likeness (QED) is 0.154. The van der Waals surface area contributed by atoms with Gasteiger partial charge in [0, 0.05) is 36.9 Å². The molecule has 0 fully saturated rings. The minimum absolute atomic E-state index is 0.703. The summed E-state index contributed by atoms with van der Waals surface area (Å²) < 4.78 is 1.96. The van der Waals surface area contributed by atoms with Crippen LogP contribution < -0.4 is 0 Å². The molecule has 8 heteroatoms. The topological polar surface area (TPSA) is 95.2 Å². The van der Waals surface area contributed by atoms with Gasteiger partial charge in [0.1, 0.15) is 17.1 Å². The highest BCUT2D eigenvalue weighted by molar-refractivity contribution is 5.75. The SMILES string of the molecule is CCCCCCCCCCn1cc(-c2ccc(-c3cc(-c4cnccn4)nc(-c4cnccn4)c3)cc2)nn1. The van der Waals surface area contributed by atoms with E-state index < -0.39 is 0 Å². The Morgan fingerprint density at radius 1 is 0.590 bits per heavy atom. The highest BCUT2D eigenvalue weighted by Gasteiger charge is 2.12. The van der Waals surface area contributed by atoms with Gasteiger partial charge in [-0.1, -0.05) is 81.3 Å². The van der Waals surface area contributed by atoms with Crippen LogP contribution in [0.1, 0.15) is 58.3 Å². The molecule has 0 unspecified atom stereocenters. The second kappa shape index (κ2) is 13.5. The van der Waals surface area contributed by atoms with Crippen molar-refractivity contribution in [3.05, 3.63) is 79.8 Å². The molecule has 0 amide bonds. The predicted octanol–water partition coefficient (Wildman–Crippen LogP) is 7.06. The molecule has 0 atom stereocenters. The number of nitrogens with zero attached hydrogens (tertiary/aromatic N) is 8. The fourth-order valence-corrected chi connectivity index (χ4v) is 4.60. The first kappa shape index (κ1) is 26.3. The van der Waals surface area contributed by atoms with Crippen LogP contribution in [0.3, 0.4) is 0 Å². The Hall–Kier alpha value is -4.33. The summed E-state index contributed by atoms with van der Waals surface area (Å²) in [4.78, 5) is 22.1. The van der Waals surface area contributed by atoms with E-state index in [-0.39, 0.29) is 0 Å². The Kier molecular flexibility index (Phi) is 9.07. The van der Waals surface area contributed by atoms with Crippen LogP contribution in [0.25, 0.3) is 45.2 Å². The molecule has 0 N–H and O–H groups in total. The standard InChI is InChI=1S/C31H34N8/c1-2-3-4-5-6-7-8-9-18-39-23-31(37-38-39)25-12-10-24(11-13-25)26-19-27(29-21-32-14-16-34-29)36-28(20-26)30-22-33-15-17-35-30/h10-17,19-23H,2-9,18H2,1H3. The van der Waals surface area contributed by atoms with E-state index in [1.807, 2.05) is 23.0 Å². The van der Waals surface area contributed by atoms with Gasteiger partial charge in [-0.05, 0) is 29.7 Å². The van der Waals surface area contributed by atoms with Gasteiger partial charge in [0.2, 0.25) is 0 Å². The van der Waals surface area contributed by atoms with E-state index in [2.05, 4.69) is 61.4 Å². The van der Waals surface area contributed by atoms with Crippen LogP contribution in [0, 0.1) is 0 Å². The first-order valence-corrected chi connectivity index (χ1v) is 13.9. The lowest BCUT2D eigenvalue weighted by Crippen LogP contribution is -1.98. The summed E-state index contributed by atoms with van der Waals surface area (Å²) in [6.07, 6.45) is 22.5. The normalized spacial score (nSPS) is 11.1. The average Bonchev–Trinajstić information content (AvgIpc) is 3.48. The molecule has 0 aliphatic carbocycles. The average molecular weight is 519 g/mol. The maximum absolute atomic E-state index is 4.79. The summed E-state index contributed by atoms with van der Waals surface area (Å²) in [7, 11) is 0. The molecule has 0 bridgehead atoms. The van der Waals surface area contributed by atoms with Crippen molar-refractivity contribution in [3.63, 3.8) is 0 Å². The van der Waals surface area contributed by atoms with E-state index >= 15 is 0 Å². The summed E-state index contributed by atoms with van der Waals surface area (Å²) in [5.74, 6) is 0. The van der Waals surface area contributed by atoms with Gasteiger partial charge in [0.25, 0.3) is 0 Å². The molecule has 0 saturated carbocycles. The van der Waals surface area contributed by atoms with Crippen molar-refractivity contribution in [2.45, 2.75) is 64.8 Å². The lowest BCUT2D eigenvalue weighted by atomic mass is 10.0. The molecule has 5 aromatic rings. The Bertz CT molecular complexity index is 1380. The zero-order valence-corrected chi connectivity index (χ0v) is 22.4. The minimum atomic E-state index is 0.703. The highest BCUT2D eigenvalue weighted by Crippen LogP contribution is 2.30. The zero-order valence-electron chi connectivity index (χ0n) is 22.4. The number of aromatic nitrogens is 8. The van der Waals surface area contributed by atoms with E-state index in [0.29, 0.717) is 11.4 Å². The maximum atomic E-state index is 4.79. The molecule has 0 aliphatic heterocycles. The third-order valence-corrected chi connectivity index (χ3v) is 6.77. The minimum Gasteiger partial charge on any atom is -0.261 e. The van der Waals surface area contributed by atoms with Crippen molar-refractivity contribution in [3.8, 4) is 45.2 Å². The van der Waals surface area contributed by atoms with Gasteiger partial charge in [0.05, 0.1) is 30.0 Å². The molecule has 39 heavy (non-hydrogen) atoms. The van der Waals surface area contributed by atoms with E-state index in [9.17, 15) is 0 Å². The predicted molar refractivity (Wildman–Crippen MR) is 153 cm³/mol. The van der Waals surface area contributed by atoms with Gasteiger partial charge in [0.15, 0.2) is 0 Å². The van der Waals surface area contributed by atoms with Crippen molar-refractivity contribution in [2.24, 2.45) is 0 Å². The number of benzene rings is 1. The summed E-state index contributed by atoms with van der Waals surface area (Å²) >= 11 is 0. The Morgan fingerprint density at radius 2 is 1.18 bits per heavy atom. The first-order chi connectivity index (χ1) is 19.3. The highest BCUT2D eigenvalue weighted by atomic mass is 15.4. The molecule has 0 aliphatic rings. The molecular formula is C31H34N8. The number of aryl methyl sites for hydroxylation is 1. The van der Waals surface area contributed by atoms with Crippen LogP contribution >= 0.6 is 0 Å². The summed E-state index contributed by atoms with van der Waals surface area (Å²) in [5, 5.41) is 8.77. The fraction of sp³-hybridized carbons (Fsp3) is 0.323. The molecule has 0 radical (unpaired) electrons. The van der Waals surface area contributed by atoms with E-state index in [0.717, 1.165) is 46.7 Å². The lowest BCUT2D eigenvalue weighted by molar-refractivity contribution is 0.511. The number of pyridine rings is 1. The van der Waals surface area contributed by atoms with Gasteiger partial charge in [-0.2, -0.15) is 0 Å². The molecule has 0 spiro atoms. The third kappa shape index (κ3) is 7.16. The molecule has 198 valence electrons. The Labute approximate surface area is 229 Å². The second-order valence-corrected chi connectivity index (χ2v) is 9.73. The van der Waals surface area contributed by atoms with Crippen molar-refractivity contribution in [2.75, 3.05) is 0 Å². The number of rotatable bonds is 13. The molecule has 4 heterocycles. The van der Waals surface area contributed by atoms with Crippen molar-refractivity contribution >= 4 is 0 Å². The van der Waals surface area contributed by atoms with E-state index in [4.69, 9.17) is 4.98 Å². The monoisotopic (exact) mass is 518 g/mol. The van der Waals surface area contributed by atoms with Crippen LogP contribution in [0.15, 0.2) is 79.8 Å². The van der Waals surface area contributed by atoms with Crippen molar-refractivity contribution in [1.29, 1.82) is 0 Å². The molecule has 5 rings (SSSR count). The van der Waals surface area contributed by atoms with Gasteiger partial charge in [-0.15, -0.1) is 5.10 Å². The third-order valence-electron chi connectivity index (χ3n) is 6.77. The Balaban J connectivity index is 1.28. The summed E-state index contributed by atoms with van der Waals surface area (Å²) in [6.45, 7) is 3.17. The van der Waals surface area contributed by atoms with Crippen LogP contribution in [0.5, 0.6) is 0 Å². The van der Waals surface area contributed by atoms with Crippen molar-refractivity contribution < 1.29 is 0 Å². The first-order valence-electron chi connectivity index (χ1n) is 13.9. The van der Waals surface area contributed by atoms with Gasteiger partial charge in [-0.25, -0.2) is 4.98 Å². The van der Waals surface area contributed by atoms with Crippen molar-refractivity contribution in [1.82, 2.24) is 39.9 Å². The zero-order chi connectivity index (χ0) is 26.7. The molecule has 8 nitrogen and oxygen atoms in total. The second-order valence-electron chi connectivity index (χ2n) is 9.73. The van der Waals surface area contributed by atoms with E-state index in [1.54, 1.807) is 37.2 Å². The molecule has 0 saturated heterocycles. The number of hydrogen-bond acceptors (Lipinski definition) is 7. The fourth-order valence-electron chi connectivity index (χ4n) is 4.60. The smallest absolute Gasteiger partial charge is 0.113 e. The van der Waals surface area contributed by atoms with Crippen LogP contribution in [0.4, 0.5) is 0 Å². The summed E-state index contributed by atoms with van der Waals surface area (Å²) in [6, 6.07) is 12.4. The summed E-state index contributed by atoms with van der Waals surface area (Å²) in [5.41, 5.74) is 6.86. The Morgan fingerprint density at radius 3 is 1.77 bits per heavy atom. The molecule has 4 aromatic heterocycles. The van der Waals surface area contributed by atoms with Crippen LogP contribution in [0.2, 0.25) is 0 Å². The maximum Gasteiger partial charge on any atom is 0.113 e. The largest absolute Gasteiger partial charge is 0.261 e.